The Balaban J connectivity index is -0.0000000150. The van der Waals surface area contributed by atoms with Crippen LogP contribution in [-0.2, 0) is 24.9 Å². The summed E-state index contributed by atoms with van der Waals surface area (Å²) in [6.07, 6.45) is 0. The zero-order valence-electron chi connectivity index (χ0n) is 4.69. The second-order valence-electron chi connectivity index (χ2n) is 0.519. The molecule has 0 aliphatic rings. The average molecular weight is 276 g/mol. The predicted octanol–water partition coefficient (Wildman–Crippen LogP) is -2.80. The molecule has 0 atom stereocenters. The average Bonchev–Trinajstić information content (AvgIpc) is 0.811. The van der Waals surface area contributed by atoms with Gasteiger partial charge in [0.25, 0.3) is 5.97 Å². The smallest absolute Gasteiger partial charge is 1.00 e. The molecule has 0 saturated carbocycles. The molecule has 2 nitrogen and oxygen atoms in total. The van der Waals surface area contributed by atoms with Gasteiger partial charge < -0.3 is 6.53 Å². The van der Waals surface area contributed by atoms with Crippen molar-refractivity contribution in [1.82, 2.24) is 0 Å². The summed E-state index contributed by atoms with van der Waals surface area (Å²) in [5.74, 6) is -0.833. The molecule has 0 amide bonds. The molecule has 0 unspecified atom stereocenters. The van der Waals surface area contributed by atoms with E-state index in [0.29, 0.717) is 0 Å². The first kappa shape index (κ1) is 15.7. The number of hydrogen-bond acceptors (Lipinski definition) is 1. The van der Waals surface area contributed by atoms with Crippen LogP contribution in [0.3, 0.4) is 0 Å². The minimum atomic E-state index is -0.833. The van der Waals surface area contributed by atoms with Gasteiger partial charge >= 0.3 is 29.6 Å². The molecule has 0 spiro atoms. The Morgan fingerprint density at radius 2 is 1.83 bits per heavy atom. The standard InChI is InChI=1S/C2H4O2.Ir.Na.H/c1-2(3)4;;;/h1H3,(H,3,4);;;/q;;+1;-1. The summed E-state index contributed by atoms with van der Waals surface area (Å²) in [5.41, 5.74) is 0. The minimum Gasteiger partial charge on any atom is -1.00 e. The van der Waals surface area contributed by atoms with Crippen LogP contribution >= 0.6 is 0 Å². The number of aliphatic carboxylic acids is 1. The van der Waals surface area contributed by atoms with Gasteiger partial charge in [-0.1, -0.05) is 0 Å². The van der Waals surface area contributed by atoms with E-state index in [-0.39, 0.29) is 51.1 Å². The molecule has 0 aromatic rings. The van der Waals surface area contributed by atoms with E-state index in [9.17, 15) is 0 Å². The molecular weight excluding hydrogens is 271 g/mol. The van der Waals surface area contributed by atoms with E-state index in [1.165, 1.54) is 0 Å². The Morgan fingerprint density at radius 3 is 1.83 bits per heavy atom. The van der Waals surface area contributed by atoms with Crippen molar-refractivity contribution in [2.75, 3.05) is 0 Å². The molecule has 0 aromatic carbocycles. The first-order chi connectivity index (χ1) is 1.73. The molecular formula is C2H5IrNaO2. The van der Waals surface area contributed by atoms with E-state index in [1.807, 2.05) is 0 Å². The van der Waals surface area contributed by atoms with Crippen molar-refractivity contribution in [3.63, 3.8) is 0 Å². The van der Waals surface area contributed by atoms with Crippen LogP contribution in [0.25, 0.3) is 0 Å². The summed E-state index contributed by atoms with van der Waals surface area (Å²) in [7, 11) is 0. The van der Waals surface area contributed by atoms with E-state index >= 15 is 0 Å². The number of rotatable bonds is 0. The quantitative estimate of drug-likeness (QED) is 0.486. The summed E-state index contributed by atoms with van der Waals surface area (Å²) in [6, 6.07) is 0. The predicted molar refractivity (Wildman–Crippen MR) is 14.4 cm³/mol. The molecule has 4 heteroatoms. The molecule has 0 aliphatic carbocycles. The Kier molecular flexibility index (Phi) is 24.7. The van der Waals surface area contributed by atoms with Crippen LogP contribution in [0.4, 0.5) is 0 Å². The minimum absolute atomic E-state index is 0. The summed E-state index contributed by atoms with van der Waals surface area (Å²) in [5, 5.41) is 7.42. The van der Waals surface area contributed by atoms with Crippen molar-refractivity contribution >= 4 is 5.97 Å². The second-order valence-corrected chi connectivity index (χ2v) is 0.519. The number of hydrogen-bond donors (Lipinski definition) is 1. The van der Waals surface area contributed by atoms with Crippen LogP contribution in [0.2, 0.25) is 0 Å². The maximum Gasteiger partial charge on any atom is 1.00 e. The topological polar surface area (TPSA) is 37.3 Å². The molecule has 0 fully saturated rings. The van der Waals surface area contributed by atoms with Gasteiger partial charge in [0.1, 0.15) is 0 Å². The van der Waals surface area contributed by atoms with Crippen molar-refractivity contribution in [2.45, 2.75) is 6.92 Å². The molecule has 0 heterocycles. The van der Waals surface area contributed by atoms with E-state index in [1.54, 1.807) is 0 Å². The van der Waals surface area contributed by atoms with Crippen molar-refractivity contribution in [3.05, 3.63) is 0 Å². The third-order valence-corrected chi connectivity index (χ3v) is 0. The first-order valence-corrected chi connectivity index (χ1v) is 0.928. The monoisotopic (exact) mass is 277 g/mol. The van der Waals surface area contributed by atoms with Gasteiger partial charge in [-0.05, 0) is 0 Å². The van der Waals surface area contributed by atoms with Crippen LogP contribution in [0, 0.1) is 0 Å². The normalized spacial score (nSPS) is 4.17. The Hall–Kier alpha value is 1.12. The summed E-state index contributed by atoms with van der Waals surface area (Å²) in [6.45, 7) is 1.08. The SMILES string of the molecule is CC(=O)O.[H-].[Ir].[Na+]. The summed E-state index contributed by atoms with van der Waals surface area (Å²) >= 11 is 0. The molecule has 0 aromatic heterocycles. The van der Waals surface area contributed by atoms with E-state index < -0.39 is 5.97 Å². The molecule has 1 N–H and O–H groups in total. The van der Waals surface area contributed by atoms with Gasteiger partial charge in [-0.2, -0.15) is 0 Å². The van der Waals surface area contributed by atoms with Crippen molar-refractivity contribution in [2.24, 2.45) is 0 Å². The van der Waals surface area contributed by atoms with Crippen LogP contribution in [-0.4, -0.2) is 11.1 Å². The summed E-state index contributed by atoms with van der Waals surface area (Å²) in [4.78, 5) is 9.00. The van der Waals surface area contributed by atoms with Crippen LogP contribution in [0.1, 0.15) is 8.35 Å². The van der Waals surface area contributed by atoms with Gasteiger partial charge in [0, 0.05) is 27.0 Å². The molecule has 6 heavy (non-hydrogen) atoms. The van der Waals surface area contributed by atoms with E-state index in [2.05, 4.69) is 0 Å². The fourth-order valence-corrected chi connectivity index (χ4v) is 0. The van der Waals surface area contributed by atoms with Crippen LogP contribution < -0.4 is 29.6 Å². The molecule has 0 bridgehead atoms. The fraction of sp³-hybridized carbons (Fsp3) is 0.500. The fourth-order valence-electron chi connectivity index (χ4n) is 0. The molecule has 0 rings (SSSR count). The van der Waals surface area contributed by atoms with Crippen molar-refractivity contribution < 1.29 is 61.0 Å². The third-order valence-electron chi connectivity index (χ3n) is 0. The first-order valence-electron chi connectivity index (χ1n) is 0.928. The van der Waals surface area contributed by atoms with Crippen LogP contribution in [0.15, 0.2) is 0 Å². The number of carbonyl (C=O) groups is 1. The maximum atomic E-state index is 9.00. The Bertz CT molecular complexity index is 38.7. The third kappa shape index (κ3) is 69.3. The number of carboxylic acid groups (broad SMARTS) is 1. The van der Waals surface area contributed by atoms with Gasteiger partial charge in [-0.15, -0.1) is 0 Å². The largest absolute Gasteiger partial charge is 1.00 e. The number of carboxylic acids is 1. The molecule has 1 radical (unpaired) electrons. The van der Waals surface area contributed by atoms with Crippen molar-refractivity contribution in [1.29, 1.82) is 0 Å². The zero-order valence-corrected chi connectivity index (χ0v) is 8.08. The van der Waals surface area contributed by atoms with Gasteiger partial charge in [-0.3, -0.25) is 4.79 Å². The second kappa shape index (κ2) is 9.45. The molecule has 0 saturated heterocycles. The zero-order chi connectivity index (χ0) is 3.58. The van der Waals surface area contributed by atoms with E-state index in [0.717, 1.165) is 6.92 Å². The maximum absolute atomic E-state index is 9.00. The van der Waals surface area contributed by atoms with Gasteiger partial charge in [-0.25, -0.2) is 0 Å². The van der Waals surface area contributed by atoms with Gasteiger partial charge in [0.05, 0.1) is 0 Å². The Labute approximate surface area is 73.4 Å². The summed E-state index contributed by atoms with van der Waals surface area (Å²) < 4.78 is 0. The molecule has 0 aliphatic heterocycles. The van der Waals surface area contributed by atoms with Gasteiger partial charge in [0.15, 0.2) is 0 Å². The Morgan fingerprint density at radius 1 is 1.83 bits per heavy atom. The van der Waals surface area contributed by atoms with E-state index in [4.69, 9.17) is 9.90 Å². The van der Waals surface area contributed by atoms with Crippen LogP contribution in [0.5, 0.6) is 0 Å². The molecule has 35 valence electrons. The van der Waals surface area contributed by atoms with Crippen molar-refractivity contribution in [3.8, 4) is 0 Å². The van der Waals surface area contributed by atoms with Gasteiger partial charge in [0.2, 0.25) is 0 Å².